The summed E-state index contributed by atoms with van der Waals surface area (Å²) in [5.74, 6) is -0.0327. The van der Waals surface area contributed by atoms with Crippen molar-refractivity contribution in [2.45, 2.75) is 32.7 Å². The zero-order chi connectivity index (χ0) is 15.3. The maximum atomic E-state index is 11.9. The van der Waals surface area contributed by atoms with Crippen molar-refractivity contribution in [1.82, 2.24) is 25.5 Å². The van der Waals surface area contributed by atoms with E-state index in [0.717, 1.165) is 17.8 Å². The molecule has 1 heterocycles. The first kappa shape index (κ1) is 15.0. The van der Waals surface area contributed by atoms with E-state index in [0.29, 0.717) is 0 Å². The number of hydrogen-bond acceptors (Lipinski definition) is 5. The standard InChI is InChI=1S/C14H20N6O/c1-4-14(2,3)17-13(21)9-15-11-6-5-7-12(8-11)20-10-16-18-19-20/h5-8,10,15H,4,9H2,1-3H3,(H,17,21). The first-order valence-corrected chi connectivity index (χ1v) is 6.88. The summed E-state index contributed by atoms with van der Waals surface area (Å²) in [5.41, 5.74) is 1.49. The fourth-order valence-corrected chi connectivity index (χ4v) is 1.73. The molecule has 0 saturated heterocycles. The van der Waals surface area contributed by atoms with Crippen LogP contribution in [-0.2, 0) is 4.79 Å². The summed E-state index contributed by atoms with van der Waals surface area (Å²) in [6.07, 6.45) is 2.41. The van der Waals surface area contributed by atoms with Gasteiger partial charge in [-0.2, -0.15) is 0 Å². The summed E-state index contributed by atoms with van der Waals surface area (Å²) in [6, 6.07) is 7.55. The maximum absolute atomic E-state index is 11.9. The van der Waals surface area contributed by atoms with Gasteiger partial charge in [0.05, 0.1) is 12.2 Å². The summed E-state index contributed by atoms with van der Waals surface area (Å²) >= 11 is 0. The lowest BCUT2D eigenvalue weighted by Crippen LogP contribution is -2.45. The number of hydrogen-bond donors (Lipinski definition) is 2. The molecule has 0 aliphatic heterocycles. The van der Waals surface area contributed by atoms with E-state index in [4.69, 9.17) is 0 Å². The van der Waals surface area contributed by atoms with Crippen molar-refractivity contribution in [1.29, 1.82) is 0 Å². The minimum atomic E-state index is -0.187. The Morgan fingerprint density at radius 2 is 2.19 bits per heavy atom. The Bertz CT molecular complexity index is 593. The van der Waals surface area contributed by atoms with E-state index in [9.17, 15) is 4.79 Å². The van der Waals surface area contributed by atoms with Crippen LogP contribution < -0.4 is 10.6 Å². The molecule has 0 bridgehead atoms. The molecule has 2 rings (SSSR count). The number of carbonyl (C=O) groups is 1. The van der Waals surface area contributed by atoms with E-state index in [1.54, 1.807) is 4.68 Å². The van der Waals surface area contributed by atoms with Gasteiger partial charge in [0.15, 0.2) is 0 Å². The van der Waals surface area contributed by atoms with Crippen molar-refractivity contribution >= 4 is 11.6 Å². The Morgan fingerprint density at radius 3 is 2.86 bits per heavy atom. The van der Waals surface area contributed by atoms with Crippen molar-refractivity contribution in [3.63, 3.8) is 0 Å². The van der Waals surface area contributed by atoms with Gasteiger partial charge in [0.25, 0.3) is 0 Å². The zero-order valence-electron chi connectivity index (χ0n) is 12.5. The van der Waals surface area contributed by atoms with Crippen molar-refractivity contribution in [2.24, 2.45) is 0 Å². The highest BCUT2D eigenvalue weighted by atomic mass is 16.2. The number of rotatable bonds is 6. The second kappa shape index (κ2) is 6.34. The Morgan fingerprint density at radius 1 is 1.38 bits per heavy atom. The molecule has 0 radical (unpaired) electrons. The average Bonchev–Trinajstić information content (AvgIpc) is 2.99. The van der Waals surface area contributed by atoms with Crippen LogP contribution in [0.2, 0.25) is 0 Å². The number of anilines is 1. The molecule has 0 atom stereocenters. The van der Waals surface area contributed by atoms with Gasteiger partial charge in [-0.05, 0) is 48.9 Å². The van der Waals surface area contributed by atoms with Crippen LogP contribution in [0.15, 0.2) is 30.6 Å². The van der Waals surface area contributed by atoms with E-state index in [-0.39, 0.29) is 18.0 Å². The molecule has 0 aliphatic carbocycles. The first-order valence-electron chi connectivity index (χ1n) is 6.88. The van der Waals surface area contributed by atoms with E-state index < -0.39 is 0 Å². The lowest BCUT2D eigenvalue weighted by molar-refractivity contribution is -0.121. The molecule has 0 saturated carbocycles. The molecule has 2 N–H and O–H groups in total. The van der Waals surface area contributed by atoms with Crippen LogP contribution in [-0.4, -0.2) is 38.2 Å². The third kappa shape index (κ3) is 4.27. The van der Waals surface area contributed by atoms with E-state index in [2.05, 4.69) is 26.2 Å². The predicted octanol–water partition coefficient (Wildman–Crippen LogP) is 1.38. The van der Waals surface area contributed by atoms with Gasteiger partial charge >= 0.3 is 0 Å². The molecule has 2 aromatic rings. The van der Waals surface area contributed by atoms with Gasteiger partial charge in [-0.1, -0.05) is 13.0 Å². The average molecular weight is 288 g/mol. The molecule has 0 aliphatic rings. The zero-order valence-corrected chi connectivity index (χ0v) is 12.5. The number of tetrazole rings is 1. The Balaban J connectivity index is 1.95. The van der Waals surface area contributed by atoms with Gasteiger partial charge in [-0.15, -0.1) is 5.10 Å². The lowest BCUT2D eigenvalue weighted by Gasteiger charge is -2.24. The van der Waals surface area contributed by atoms with Gasteiger partial charge in [-0.25, -0.2) is 4.68 Å². The van der Waals surface area contributed by atoms with Gasteiger partial charge < -0.3 is 10.6 Å². The quantitative estimate of drug-likeness (QED) is 0.839. The Hall–Kier alpha value is -2.44. The number of benzene rings is 1. The molecule has 1 aromatic carbocycles. The number of aromatic nitrogens is 4. The maximum Gasteiger partial charge on any atom is 0.239 e. The van der Waals surface area contributed by atoms with Crippen LogP contribution in [0, 0.1) is 0 Å². The molecular formula is C14H20N6O. The summed E-state index contributed by atoms with van der Waals surface area (Å²) in [4.78, 5) is 11.9. The van der Waals surface area contributed by atoms with Gasteiger partial charge in [-0.3, -0.25) is 4.79 Å². The predicted molar refractivity (Wildman–Crippen MR) is 80.2 cm³/mol. The van der Waals surface area contributed by atoms with Crippen LogP contribution in [0.3, 0.4) is 0 Å². The van der Waals surface area contributed by atoms with Crippen LogP contribution in [0.4, 0.5) is 5.69 Å². The molecule has 21 heavy (non-hydrogen) atoms. The molecule has 7 nitrogen and oxygen atoms in total. The van der Waals surface area contributed by atoms with E-state index in [1.165, 1.54) is 6.33 Å². The van der Waals surface area contributed by atoms with Gasteiger partial charge in [0.2, 0.25) is 5.91 Å². The normalized spacial score (nSPS) is 11.2. The van der Waals surface area contributed by atoms with E-state index in [1.807, 2.05) is 45.0 Å². The van der Waals surface area contributed by atoms with Crippen LogP contribution in [0.1, 0.15) is 27.2 Å². The van der Waals surface area contributed by atoms with Crippen molar-refractivity contribution in [2.75, 3.05) is 11.9 Å². The van der Waals surface area contributed by atoms with Crippen molar-refractivity contribution in [3.05, 3.63) is 30.6 Å². The highest BCUT2D eigenvalue weighted by molar-refractivity contribution is 5.81. The third-order valence-electron chi connectivity index (χ3n) is 3.27. The fraction of sp³-hybridized carbons (Fsp3) is 0.429. The molecule has 0 spiro atoms. The molecule has 0 fully saturated rings. The number of nitrogens with one attached hydrogen (secondary N) is 2. The fourth-order valence-electron chi connectivity index (χ4n) is 1.73. The highest BCUT2D eigenvalue weighted by Crippen LogP contribution is 2.13. The lowest BCUT2D eigenvalue weighted by atomic mass is 10.0. The summed E-state index contributed by atoms with van der Waals surface area (Å²) in [5, 5.41) is 17.1. The van der Waals surface area contributed by atoms with Crippen molar-refractivity contribution < 1.29 is 4.79 Å². The molecular weight excluding hydrogens is 268 g/mol. The smallest absolute Gasteiger partial charge is 0.239 e. The number of amides is 1. The second-order valence-electron chi connectivity index (χ2n) is 5.44. The summed E-state index contributed by atoms with van der Waals surface area (Å²) in [7, 11) is 0. The first-order chi connectivity index (χ1) is 10.00. The van der Waals surface area contributed by atoms with Crippen molar-refractivity contribution in [3.8, 4) is 5.69 Å². The Labute approximate surface area is 123 Å². The van der Waals surface area contributed by atoms with Gasteiger partial charge in [0.1, 0.15) is 6.33 Å². The topological polar surface area (TPSA) is 84.7 Å². The molecule has 1 amide bonds. The summed E-state index contributed by atoms with van der Waals surface area (Å²) < 4.78 is 1.56. The molecule has 112 valence electrons. The molecule has 7 heteroatoms. The molecule has 1 aromatic heterocycles. The van der Waals surface area contributed by atoms with Crippen LogP contribution in [0.5, 0.6) is 0 Å². The van der Waals surface area contributed by atoms with Crippen LogP contribution in [0.25, 0.3) is 5.69 Å². The highest BCUT2D eigenvalue weighted by Gasteiger charge is 2.17. The monoisotopic (exact) mass is 288 g/mol. The number of carbonyl (C=O) groups excluding carboxylic acids is 1. The third-order valence-corrected chi connectivity index (χ3v) is 3.27. The SMILES string of the molecule is CCC(C)(C)NC(=O)CNc1cccc(-n2cnnn2)c1. The largest absolute Gasteiger partial charge is 0.376 e. The minimum Gasteiger partial charge on any atom is -0.376 e. The van der Waals surface area contributed by atoms with E-state index >= 15 is 0 Å². The van der Waals surface area contributed by atoms with Crippen LogP contribution >= 0.6 is 0 Å². The summed E-state index contributed by atoms with van der Waals surface area (Å²) in [6.45, 7) is 6.28. The minimum absolute atomic E-state index is 0.0327. The number of nitrogens with zero attached hydrogens (tertiary/aromatic N) is 4. The molecule has 0 unspecified atom stereocenters. The second-order valence-corrected chi connectivity index (χ2v) is 5.44. The Kier molecular flexibility index (Phi) is 4.52. The van der Waals surface area contributed by atoms with Gasteiger partial charge in [0, 0.05) is 11.2 Å².